The molecule has 0 saturated heterocycles. The number of nitrogens with one attached hydrogen (secondary N) is 3. The molecule has 4 aromatic rings. The molecule has 43 heavy (non-hydrogen) atoms. The summed E-state index contributed by atoms with van der Waals surface area (Å²) in [4.78, 5) is 40.0. The summed E-state index contributed by atoms with van der Waals surface area (Å²) in [6, 6.07) is 28.7. The van der Waals surface area contributed by atoms with Crippen molar-refractivity contribution in [3.05, 3.63) is 119 Å². The molecule has 0 aromatic heterocycles. The normalized spacial score (nSPS) is 11.7. The van der Waals surface area contributed by atoms with Gasteiger partial charge in [-0.3, -0.25) is 14.4 Å². The van der Waals surface area contributed by atoms with E-state index in [1.165, 1.54) is 18.9 Å². The van der Waals surface area contributed by atoms with Crippen molar-refractivity contribution in [1.29, 1.82) is 0 Å². The summed E-state index contributed by atoms with van der Waals surface area (Å²) in [5.41, 5.74) is 3.42. The molecule has 220 valence electrons. The Kier molecular flexibility index (Phi) is 10.6. The van der Waals surface area contributed by atoms with Gasteiger partial charge < -0.3 is 25.4 Å². The number of thioether (sulfide) groups is 1. The van der Waals surface area contributed by atoms with Gasteiger partial charge in [0.05, 0.1) is 25.2 Å². The number of ether oxygens (including phenoxy) is 2. The summed E-state index contributed by atoms with van der Waals surface area (Å²) < 4.78 is 10.6. The van der Waals surface area contributed by atoms with E-state index in [-0.39, 0.29) is 17.5 Å². The maximum Gasteiger partial charge on any atom is 0.272 e. The Hall–Kier alpha value is -5.02. The lowest BCUT2D eigenvalue weighted by Gasteiger charge is -2.15. The van der Waals surface area contributed by atoms with E-state index in [0.29, 0.717) is 28.4 Å². The Morgan fingerprint density at radius 2 is 1.51 bits per heavy atom. The molecule has 0 aliphatic rings. The van der Waals surface area contributed by atoms with Crippen molar-refractivity contribution in [3.63, 3.8) is 0 Å². The van der Waals surface area contributed by atoms with Crippen LogP contribution in [0.4, 0.5) is 11.4 Å². The van der Waals surface area contributed by atoms with E-state index in [9.17, 15) is 14.4 Å². The number of carbonyl (C=O) groups excluding carboxylic acids is 3. The Morgan fingerprint density at radius 1 is 0.814 bits per heavy atom. The first-order chi connectivity index (χ1) is 20.8. The van der Waals surface area contributed by atoms with Crippen LogP contribution in [0, 0.1) is 6.92 Å². The first-order valence-corrected chi connectivity index (χ1v) is 14.4. The van der Waals surface area contributed by atoms with Gasteiger partial charge in [0.2, 0.25) is 5.91 Å². The van der Waals surface area contributed by atoms with Crippen molar-refractivity contribution < 1.29 is 23.9 Å². The summed E-state index contributed by atoms with van der Waals surface area (Å²) in [6.45, 7) is 3.75. The molecule has 0 spiro atoms. The number of amides is 3. The molecule has 0 bridgehead atoms. The highest BCUT2D eigenvalue weighted by Crippen LogP contribution is 2.31. The van der Waals surface area contributed by atoms with Gasteiger partial charge in [0, 0.05) is 22.2 Å². The monoisotopic (exact) mass is 595 g/mol. The van der Waals surface area contributed by atoms with Crippen molar-refractivity contribution >= 4 is 46.9 Å². The van der Waals surface area contributed by atoms with Gasteiger partial charge in [-0.25, -0.2) is 0 Å². The van der Waals surface area contributed by atoms with E-state index in [1.54, 1.807) is 67.8 Å². The molecular formula is C34H33N3O5S. The average molecular weight is 596 g/mol. The molecule has 8 nitrogen and oxygen atoms in total. The third kappa shape index (κ3) is 8.50. The van der Waals surface area contributed by atoms with Crippen molar-refractivity contribution in [3.8, 4) is 11.5 Å². The predicted octanol–water partition coefficient (Wildman–Crippen LogP) is 6.54. The van der Waals surface area contributed by atoms with Crippen LogP contribution >= 0.6 is 11.8 Å². The molecule has 3 N–H and O–H groups in total. The van der Waals surface area contributed by atoms with Crippen molar-refractivity contribution in [2.75, 3.05) is 24.9 Å². The van der Waals surface area contributed by atoms with Crippen LogP contribution in [0.5, 0.6) is 11.5 Å². The maximum atomic E-state index is 13.3. The number of methoxy groups -OCH3 is 2. The quantitative estimate of drug-likeness (QED) is 0.134. The van der Waals surface area contributed by atoms with Crippen LogP contribution in [0.15, 0.2) is 108 Å². The van der Waals surface area contributed by atoms with Crippen LogP contribution in [-0.4, -0.2) is 37.2 Å². The number of hydrogen-bond donors (Lipinski definition) is 3. The molecule has 0 aliphatic carbocycles. The van der Waals surface area contributed by atoms with Gasteiger partial charge in [-0.1, -0.05) is 42.5 Å². The molecule has 0 saturated carbocycles. The first-order valence-electron chi connectivity index (χ1n) is 13.5. The van der Waals surface area contributed by atoms with E-state index in [1.807, 2.05) is 56.3 Å². The van der Waals surface area contributed by atoms with Crippen LogP contribution in [0.3, 0.4) is 0 Å². The number of aryl methyl sites for hydroxylation is 1. The molecule has 1 atom stereocenters. The summed E-state index contributed by atoms with van der Waals surface area (Å²) in [5, 5.41) is 8.10. The van der Waals surface area contributed by atoms with Crippen LogP contribution in [0.2, 0.25) is 0 Å². The topological polar surface area (TPSA) is 106 Å². The fraction of sp³-hybridized carbons (Fsp3) is 0.147. The van der Waals surface area contributed by atoms with Gasteiger partial charge in [0.15, 0.2) is 0 Å². The second-order valence-electron chi connectivity index (χ2n) is 9.53. The number of carbonyl (C=O) groups is 3. The smallest absolute Gasteiger partial charge is 0.272 e. The minimum Gasteiger partial charge on any atom is -0.497 e. The zero-order valence-electron chi connectivity index (χ0n) is 24.3. The van der Waals surface area contributed by atoms with Gasteiger partial charge in [-0.05, 0) is 79.6 Å². The molecule has 9 heteroatoms. The fourth-order valence-electron chi connectivity index (χ4n) is 4.06. The number of hydrogen-bond acceptors (Lipinski definition) is 6. The minimum atomic E-state index is -0.464. The third-order valence-electron chi connectivity index (χ3n) is 6.48. The molecule has 0 heterocycles. The predicted molar refractivity (Wildman–Crippen MR) is 172 cm³/mol. The molecule has 0 fully saturated rings. The van der Waals surface area contributed by atoms with E-state index >= 15 is 0 Å². The highest BCUT2D eigenvalue weighted by Gasteiger charge is 2.18. The summed E-state index contributed by atoms with van der Waals surface area (Å²) in [6.07, 6.45) is 1.66. The minimum absolute atomic E-state index is 0.112. The van der Waals surface area contributed by atoms with E-state index < -0.39 is 11.2 Å². The Morgan fingerprint density at radius 3 is 2.19 bits per heavy atom. The van der Waals surface area contributed by atoms with E-state index in [0.717, 1.165) is 16.0 Å². The molecule has 3 amide bonds. The van der Waals surface area contributed by atoms with E-state index in [4.69, 9.17) is 9.47 Å². The van der Waals surface area contributed by atoms with Crippen molar-refractivity contribution in [1.82, 2.24) is 5.32 Å². The molecule has 0 radical (unpaired) electrons. The zero-order chi connectivity index (χ0) is 30.8. The number of rotatable bonds is 11. The molecule has 4 aromatic carbocycles. The zero-order valence-corrected chi connectivity index (χ0v) is 25.2. The summed E-state index contributed by atoms with van der Waals surface area (Å²) in [7, 11) is 3.09. The second kappa shape index (κ2) is 14.7. The lowest BCUT2D eigenvalue weighted by molar-refractivity contribution is -0.115. The lowest BCUT2D eigenvalue weighted by Crippen LogP contribution is -2.30. The molecule has 0 aliphatic heterocycles. The number of benzene rings is 4. The van der Waals surface area contributed by atoms with Crippen LogP contribution in [-0.2, 0) is 9.59 Å². The fourth-order valence-corrected chi connectivity index (χ4v) is 4.92. The van der Waals surface area contributed by atoms with Crippen LogP contribution in [0.25, 0.3) is 6.08 Å². The van der Waals surface area contributed by atoms with Crippen molar-refractivity contribution in [2.45, 2.75) is 24.0 Å². The third-order valence-corrected chi connectivity index (χ3v) is 7.59. The summed E-state index contributed by atoms with van der Waals surface area (Å²) in [5.74, 6) is 0.0867. The van der Waals surface area contributed by atoms with Gasteiger partial charge in [-0.15, -0.1) is 11.8 Å². The highest BCUT2D eigenvalue weighted by atomic mass is 32.2. The SMILES string of the molecule is COc1ccc(NC(=O)C(C)Sc2ccc(NC(=O)/C(=C/c3ccccc3C)NC(=O)c3ccccc3)cc2)c(OC)c1. The molecular weight excluding hydrogens is 562 g/mol. The number of anilines is 2. The lowest BCUT2D eigenvalue weighted by atomic mass is 10.1. The highest BCUT2D eigenvalue weighted by molar-refractivity contribution is 8.00. The Bertz CT molecular complexity index is 1620. The van der Waals surface area contributed by atoms with Gasteiger partial charge >= 0.3 is 0 Å². The molecule has 4 rings (SSSR count). The largest absolute Gasteiger partial charge is 0.497 e. The van der Waals surface area contributed by atoms with Crippen LogP contribution in [0.1, 0.15) is 28.4 Å². The average Bonchev–Trinajstić information content (AvgIpc) is 3.03. The maximum absolute atomic E-state index is 13.3. The van der Waals surface area contributed by atoms with Gasteiger partial charge in [-0.2, -0.15) is 0 Å². The van der Waals surface area contributed by atoms with Crippen LogP contribution < -0.4 is 25.4 Å². The Labute approximate surface area is 255 Å². The van der Waals surface area contributed by atoms with Crippen molar-refractivity contribution in [2.24, 2.45) is 0 Å². The van der Waals surface area contributed by atoms with Gasteiger partial charge in [0.25, 0.3) is 11.8 Å². The van der Waals surface area contributed by atoms with Gasteiger partial charge in [0.1, 0.15) is 17.2 Å². The first kappa shape index (κ1) is 30.9. The standard InChI is InChI=1S/C34H33N3O5S/c1-22-10-8-9-13-25(22)20-30(37-33(39)24-11-6-5-7-12-24)34(40)35-26-14-17-28(18-15-26)43-23(2)32(38)36-29-19-16-27(41-3)21-31(29)42-4/h5-21,23H,1-4H3,(H,35,40)(H,36,38)(H,37,39)/b30-20-. The Balaban J connectivity index is 1.43. The van der Waals surface area contributed by atoms with E-state index in [2.05, 4.69) is 16.0 Å². The summed E-state index contributed by atoms with van der Waals surface area (Å²) >= 11 is 1.38. The second-order valence-corrected chi connectivity index (χ2v) is 10.9. The molecule has 1 unspecified atom stereocenters.